The molecule has 0 unspecified atom stereocenters. The molecule has 0 saturated carbocycles. The molecule has 1 aromatic rings. The summed E-state index contributed by atoms with van der Waals surface area (Å²) in [5, 5.41) is 13.8. The Kier molecular flexibility index (Phi) is 6.19. The van der Waals surface area contributed by atoms with Crippen LogP contribution >= 0.6 is 0 Å². The van der Waals surface area contributed by atoms with Crippen molar-refractivity contribution in [2.75, 3.05) is 26.0 Å². The largest absolute Gasteiger partial charge is 0.481 e. The number of rotatable bonds is 6. The fourth-order valence-electron chi connectivity index (χ4n) is 1.52. The van der Waals surface area contributed by atoms with Crippen LogP contribution in [-0.2, 0) is 4.79 Å². The fourth-order valence-corrected chi connectivity index (χ4v) is 1.52. The first-order valence-corrected chi connectivity index (χ1v) is 6.48. The SMILES string of the molecule is CN(C)C(=O)Nc1cccc(C(=O)NCCCC(=O)O)c1. The van der Waals surface area contributed by atoms with E-state index in [4.69, 9.17) is 5.11 Å². The first-order chi connectivity index (χ1) is 9.90. The lowest BCUT2D eigenvalue weighted by molar-refractivity contribution is -0.137. The van der Waals surface area contributed by atoms with Crippen LogP contribution in [0.2, 0.25) is 0 Å². The van der Waals surface area contributed by atoms with Gasteiger partial charge in [0.1, 0.15) is 0 Å². The molecular weight excluding hydrogens is 274 g/mol. The minimum atomic E-state index is -0.891. The zero-order valence-electron chi connectivity index (χ0n) is 12.0. The lowest BCUT2D eigenvalue weighted by Crippen LogP contribution is -2.28. The second-order valence-corrected chi connectivity index (χ2v) is 4.66. The number of anilines is 1. The molecule has 0 aliphatic rings. The highest BCUT2D eigenvalue weighted by Crippen LogP contribution is 2.11. The number of benzene rings is 1. The van der Waals surface area contributed by atoms with Gasteiger partial charge in [-0.3, -0.25) is 9.59 Å². The molecule has 0 aliphatic carbocycles. The molecule has 3 amide bonds. The van der Waals surface area contributed by atoms with Gasteiger partial charge in [0.05, 0.1) is 0 Å². The molecule has 1 rings (SSSR count). The highest BCUT2D eigenvalue weighted by Gasteiger charge is 2.08. The van der Waals surface area contributed by atoms with Crippen molar-refractivity contribution in [2.45, 2.75) is 12.8 Å². The van der Waals surface area contributed by atoms with Crippen molar-refractivity contribution < 1.29 is 19.5 Å². The molecule has 114 valence electrons. The Bertz CT molecular complexity index is 529. The predicted octanol–water partition coefficient (Wildman–Crippen LogP) is 1.37. The summed E-state index contributed by atoms with van der Waals surface area (Å²) in [6.45, 7) is 0.291. The Morgan fingerprint density at radius 3 is 2.57 bits per heavy atom. The average Bonchev–Trinajstić information content (AvgIpc) is 2.43. The fraction of sp³-hybridized carbons (Fsp3) is 0.357. The van der Waals surface area contributed by atoms with E-state index in [9.17, 15) is 14.4 Å². The molecule has 0 atom stereocenters. The molecule has 0 aromatic heterocycles. The summed E-state index contributed by atoms with van der Waals surface area (Å²) in [5.41, 5.74) is 0.925. The number of hydrogen-bond donors (Lipinski definition) is 3. The number of aliphatic carboxylic acids is 1. The summed E-state index contributed by atoms with van der Waals surface area (Å²) in [4.78, 5) is 35.2. The zero-order chi connectivity index (χ0) is 15.8. The summed E-state index contributed by atoms with van der Waals surface area (Å²) >= 11 is 0. The van der Waals surface area contributed by atoms with E-state index in [1.807, 2.05) is 0 Å². The number of carboxylic acid groups (broad SMARTS) is 1. The smallest absolute Gasteiger partial charge is 0.321 e. The number of urea groups is 1. The van der Waals surface area contributed by atoms with Crippen molar-refractivity contribution in [3.05, 3.63) is 29.8 Å². The molecular formula is C14H19N3O4. The van der Waals surface area contributed by atoms with Crippen molar-refractivity contribution in [1.29, 1.82) is 0 Å². The average molecular weight is 293 g/mol. The first kappa shape index (κ1) is 16.5. The van der Waals surface area contributed by atoms with Crippen LogP contribution in [0.25, 0.3) is 0 Å². The summed E-state index contributed by atoms with van der Waals surface area (Å²) < 4.78 is 0. The van der Waals surface area contributed by atoms with Gasteiger partial charge >= 0.3 is 12.0 Å². The van der Waals surface area contributed by atoms with E-state index in [2.05, 4.69) is 10.6 Å². The van der Waals surface area contributed by atoms with Gasteiger partial charge < -0.3 is 20.6 Å². The molecule has 0 aliphatic heterocycles. The molecule has 7 nitrogen and oxygen atoms in total. The Morgan fingerprint density at radius 1 is 1.24 bits per heavy atom. The normalized spacial score (nSPS) is 9.81. The molecule has 0 saturated heterocycles. The van der Waals surface area contributed by atoms with E-state index in [1.165, 1.54) is 4.90 Å². The van der Waals surface area contributed by atoms with E-state index in [0.29, 0.717) is 24.2 Å². The first-order valence-electron chi connectivity index (χ1n) is 6.48. The topological polar surface area (TPSA) is 98.7 Å². The minimum Gasteiger partial charge on any atom is -0.481 e. The van der Waals surface area contributed by atoms with Crippen LogP contribution in [-0.4, -0.2) is 48.6 Å². The molecule has 0 bridgehead atoms. The van der Waals surface area contributed by atoms with E-state index in [-0.39, 0.29) is 18.4 Å². The number of hydrogen-bond acceptors (Lipinski definition) is 3. The number of nitrogens with zero attached hydrogens (tertiary/aromatic N) is 1. The van der Waals surface area contributed by atoms with Gasteiger partial charge in [-0.15, -0.1) is 0 Å². The van der Waals surface area contributed by atoms with Crippen LogP contribution in [0.4, 0.5) is 10.5 Å². The number of carbonyl (C=O) groups is 3. The maximum atomic E-state index is 11.9. The van der Waals surface area contributed by atoms with Gasteiger partial charge in [0.2, 0.25) is 0 Å². The third kappa shape index (κ3) is 5.94. The Balaban J connectivity index is 2.56. The molecule has 0 heterocycles. The maximum Gasteiger partial charge on any atom is 0.321 e. The van der Waals surface area contributed by atoms with Crippen molar-refractivity contribution in [2.24, 2.45) is 0 Å². The van der Waals surface area contributed by atoms with Gasteiger partial charge in [-0.25, -0.2) is 4.79 Å². The van der Waals surface area contributed by atoms with Gasteiger partial charge in [0.15, 0.2) is 0 Å². The monoisotopic (exact) mass is 293 g/mol. The van der Waals surface area contributed by atoms with Gasteiger partial charge in [-0.1, -0.05) is 6.07 Å². The number of carboxylic acids is 1. The molecule has 0 radical (unpaired) electrons. The standard InChI is InChI=1S/C14H19N3O4/c1-17(2)14(21)16-11-6-3-5-10(9-11)13(20)15-8-4-7-12(18)19/h3,5-6,9H,4,7-8H2,1-2H3,(H,15,20)(H,16,21)(H,18,19). The lowest BCUT2D eigenvalue weighted by atomic mass is 10.2. The zero-order valence-corrected chi connectivity index (χ0v) is 12.0. The quantitative estimate of drug-likeness (QED) is 0.690. The number of nitrogens with one attached hydrogen (secondary N) is 2. The van der Waals surface area contributed by atoms with Crippen LogP contribution < -0.4 is 10.6 Å². The summed E-state index contributed by atoms with van der Waals surface area (Å²) in [6.07, 6.45) is 0.386. The molecule has 0 fully saturated rings. The van der Waals surface area contributed by atoms with Crippen LogP contribution in [0.3, 0.4) is 0 Å². The number of amides is 3. The summed E-state index contributed by atoms with van der Waals surface area (Å²) in [5.74, 6) is -1.20. The van der Waals surface area contributed by atoms with Gasteiger partial charge in [0.25, 0.3) is 5.91 Å². The predicted molar refractivity (Wildman–Crippen MR) is 78.4 cm³/mol. The van der Waals surface area contributed by atoms with Gasteiger partial charge in [-0.05, 0) is 24.6 Å². The number of carbonyl (C=O) groups excluding carboxylic acids is 2. The summed E-state index contributed by atoms with van der Waals surface area (Å²) in [6, 6.07) is 6.25. The highest BCUT2D eigenvalue weighted by atomic mass is 16.4. The Morgan fingerprint density at radius 2 is 1.95 bits per heavy atom. The minimum absolute atomic E-state index is 0.0131. The second kappa shape index (κ2) is 7.88. The van der Waals surface area contributed by atoms with E-state index in [1.54, 1.807) is 38.4 Å². The Labute approximate surface area is 122 Å². The van der Waals surface area contributed by atoms with E-state index < -0.39 is 5.97 Å². The molecule has 1 aromatic carbocycles. The van der Waals surface area contributed by atoms with Crippen LogP contribution in [0, 0.1) is 0 Å². The van der Waals surface area contributed by atoms with Crippen LogP contribution in [0.1, 0.15) is 23.2 Å². The molecule has 3 N–H and O–H groups in total. The van der Waals surface area contributed by atoms with E-state index >= 15 is 0 Å². The van der Waals surface area contributed by atoms with Crippen molar-refractivity contribution in [3.8, 4) is 0 Å². The molecule has 7 heteroatoms. The second-order valence-electron chi connectivity index (χ2n) is 4.66. The van der Waals surface area contributed by atoms with Crippen molar-refractivity contribution in [1.82, 2.24) is 10.2 Å². The molecule has 0 spiro atoms. The van der Waals surface area contributed by atoms with Gasteiger partial charge in [-0.2, -0.15) is 0 Å². The van der Waals surface area contributed by atoms with E-state index in [0.717, 1.165) is 0 Å². The molecule has 21 heavy (non-hydrogen) atoms. The summed E-state index contributed by atoms with van der Waals surface area (Å²) in [7, 11) is 3.24. The van der Waals surface area contributed by atoms with Crippen molar-refractivity contribution in [3.63, 3.8) is 0 Å². The van der Waals surface area contributed by atoms with Crippen LogP contribution in [0.5, 0.6) is 0 Å². The third-order valence-corrected chi connectivity index (χ3v) is 2.64. The lowest BCUT2D eigenvalue weighted by Gasteiger charge is -2.12. The third-order valence-electron chi connectivity index (χ3n) is 2.64. The van der Waals surface area contributed by atoms with Crippen LogP contribution in [0.15, 0.2) is 24.3 Å². The van der Waals surface area contributed by atoms with Crippen molar-refractivity contribution >= 4 is 23.6 Å². The van der Waals surface area contributed by atoms with Gasteiger partial charge in [0, 0.05) is 38.3 Å². The highest BCUT2D eigenvalue weighted by molar-refractivity contribution is 5.96. The maximum absolute atomic E-state index is 11.9. The Hall–Kier alpha value is -2.57.